The fourth-order valence-corrected chi connectivity index (χ4v) is 2.62. The van der Waals surface area contributed by atoms with Gasteiger partial charge in [0.1, 0.15) is 12.1 Å². The maximum atomic E-state index is 4.48. The molecular formula is C15H26N4. The van der Waals surface area contributed by atoms with Gasteiger partial charge in [0.05, 0.1) is 0 Å². The molecule has 1 N–H and O–H groups in total. The van der Waals surface area contributed by atoms with Gasteiger partial charge in [-0.3, -0.25) is 0 Å². The Bertz CT molecular complexity index is 391. The average Bonchev–Trinajstić information content (AvgIpc) is 2.45. The molecule has 0 spiro atoms. The van der Waals surface area contributed by atoms with Crippen molar-refractivity contribution in [1.29, 1.82) is 0 Å². The Morgan fingerprint density at radius 2 is 2.21 bits per heavy atom. The second-order valence-electron chi connectivity index (χ2n) is 5.63. The molecule has 106 valence electrons. The third kappa shape index (κ3) is 3.90. The summed E-state index contributed by atoms with van der Waals surface area (Å²) in [6, 6.07) is 3.25. The number of nitrogens with one attached hydrogen (secondary N) is 1. The maximum Gasteiger partial charge on any atom is 0.132 e. The molecule has 19 heavy (non-hydrogen) atoms. The van der Waals surface area contributed by atoms with E-state index in [-0.39, 0.29) is 0 Å². The van der Waals surface area contributed by atoms with Crippen LogP contribution in [0.25, 0.3) is 0 Å². The van der Waals surface area contributed by atoms with Gasteiger partial charge in [0.2, 0.25) is 0 Å². The number of piperidine rings is 1. The highest BCUT2D eigenvalue weighted by atomic mass is 15.2. The van der Waals surface area contributed by atoms with Gasteiger partial charge in [-0.1, -0.05) is 20.8 Å². The van der Waals surface area contributed by atoms with Gasteiger partial charge in [-0.2, -0.15) is 0 Å². The number of rotatable bonds is 5. The fourth-order valence-electron chi connectivity index (χ4n) is 2.62. The zero-order chi connectivity index (χ0) is 13.7. The van der Waals surface area contributed by atoms with Crippen molar-refractivity contribution in [2.24, 2.45) is 0 Å². The molecule has 2 rings (SSSR count). The first kappa shape index (κ1) is 14.3. The van der Waals surface area contributed by atoms with E-state index < -0.39 is 0 Å². The number of aromatic nitrogens is 2. The van der Waals surface area contributed by atoms with Crippen molar-refractivity contribution in [3.8, 4) is 0 Å². The molecule has 1 aromatic heterocycles. The van der Waals surface area contributed by atoms with Gasteiger partial charge >= 0.3 is 0 Å². The molecule has 0 saturated carbocycles. The number of aryl methyl sites for hydroxylation is 1. The van der Waals surface area contributed by atoms with E-state index in [1.807, 2.05) is 0 Å². The second kappa shape index (κ2) is 6.85. The van der Waals surface area contributed by atoms with Crippen molar-refractivity contribution >= 4 is 5.82 Å². The van der Waals surface area contributed by atoms with Crippen LogP contribution in [0.5, 0.6) is 0 Å². The van der Waals surface area contributed by atoms with Gasteiger partial charge < -0.3 is 10.2 Å². The molecule has 0 aromatic carbocycles. The van der Waals surface area contributed by atoms with Crippen LogP contribution >= 0.6 is 0 Å². The van der Waals surface area contributed by atoms with Crippen LogP contribution in [0.15, 0.2) is 12.4 Å². The van der Waals surface area contributed by atoms with E-state index in [0.717, 1.165) is 31.0 Å². The minimum atomic E-state index is 0.542. The van der Waals surface area contributed by atoms with E-state index in [0.29, 0.717) is 12.1 Å². The molecule has 2 heterocycles. The van der Waals surface area contributed by atoms with Crippen molar-refractivity contribution < 1.29 is 0 Å². The summed E-state index contributed by atoms with van der Waals surface area (Å²) in [5, 5.41) is 3.56. The molecule has 1 fully saturated rings. The van der Waals surface area contributed by atoms with Crippen LogP contribution in [-0.2, 0) is 6.42 Å². The van der Waals surface area contributed by atoms with Crippen LogP contribution in [-0.4, -0.2) is 35.1 Å². The summed E-state index contributed by atoms with van der Waals surface area (Å²) in [7, 11) is 0. The number of hydrogen-bond acceptors (Lipinski definition) is 4. The first-order chi connectivity index (χ1) is 9.20. The molecule has 1 atom stereocenters. The third-order valence-corrected chi connectivity index (χ3v) is 3.75. The van der Waals surface area contributed by atoms with Gasteiger partial charge in [0.15, 0.2) is 0 Å². The van der Waals surface area contributed by atoms with Crippen LogP contribution in [0, 0.1) is 0 Å². The van der Waals surface area contributed by atoms with Gasteiger partial charge in [-0.25, -0.2) is 9.97 Å². The average molecular weight is 262 g/mol. The number of anilines is 1. The molecule has 0 aliphatic carbocycles. The monoisotopic (exact) mass is 262 g/mol. The Morgan fingerprint density at radius 1 is 1.37 bits per heavy atom. The van der Waals surface area contributed by atoms with E-state index in [4.69, 9.17) is 0 Å². The van der Waals surface area contributed by atoms with Gasteiger partial charge in [-0.05, 0) is 25.7 Å². The fraction of sp³-hybridized carbons (Fsp3) is 0.733. The zero-order valence-corrected chi connectivity index (χ0v) is 12.4. The lowest BCUT2D eigenvalue weighted by Crippen LogP contribution is -2.47. The van der Waals surface area contributed by atoms with E-state index in [2.05, 4.69) is 47.0 Å². The quantitative estimate of drug-likeness (QED) is 0.884. The number of hydrogen-bond donors (Lipinski definition) is 1. The predicted octanol–water partition coefficient (Wildman–Crippen LogP) is 2.40. The molecule has 0 amide bonds. The summed E-state index contributed by atoms with van der Waals surface area (Å²) in [4.78, 5) is 11.2. The van der Waals surface area contributed by atoms with Crippen molar-refractivity contribution in [1.82, 2.24) is 15.3 Å². The van der Waals surface area contributed by atoms with Crippen LogP contribution in [0.4, 0.5) is 5.82 Å². The predicted molar refractivity (Wildman–Crippen MR) is 79.5 cm³/mol. The van der Waals surface area contributed by atoms with Crippen molar-refractivity contribution in [2.45, 2.75) is 58.5 Å². The molecule has 1 unspecified atom stereocenters. The van der Waals surface area contributed by atoms with E-state index in [1.165, 1.54) is 19.3 Å². The smallest absolute Gasteiger partial charge is 0.132 e. The van der Waals surface area contributed by atoms with Gasteiger partial charge in [0, 0.05) is 36.9 Å². The van der Waals surface area contributed by atoms with Crippen molar-refractivity contribution in [3.05, 3.63) is 18.1 Å². The minimum absolute atomic E-state index is 0.542. The van der Waals surface area contributed by atoms with Crippen molar-refractivity contribution in [2.75, 3.05) is 18.0 Å². The topological polar surface area (TPSA) is 41.0 Å². The summed E-state index contributed by atoms with van der Waals surface area (Å²) in [5.74, 6) is 1.10. The highest BCUT2D eigenvalue weighted by Crippen LogP contribution is 2.23. The standard InChI is InChI=1S/C15H26N4/c1-4-13-9-15(18-11-17-13)19-8-6-5-7-14(19)10-16-12(2)3/h9,11-12,14,16H,4-8,10H2,1-3H3. The Morgan fingerprint density at radius 3 is 2.95 bits per heavy atom. The normalized spacial score (nSPS) is 20.0. The lowest BCUT2D eigenvalue weighted by Gasteiger charge is -2.37. The zero-order valence-electron chi connectivity index (χ0n) is 12.4. The Kier molecular flexibility index (Phi) is 5.14. The summed E-state index contributed by atoms with van der Waals surface area (Å²) in [5.41, 5.74) is 1.13. The molecular weight excluding hydrogens is 236 g/mol. The Hall–Kier alpha value is -1.16. The molecule has 4 nitrogen and oxygen atoms in total. The first-order valence-electron chi connectivity index (χ1n) is 7.51. The van der Waals surface area contributed by atoms with Gasteiger partial charge in [-0.15, -0.1) is 0 Å². The Balaban J connectivity index is 2.09. The summed E-state index contributed by atoms with van der Waals surface area (Å²) in [6.45, 7) is 8.70. The van der Waals surface area contributed by atoms with E-state index >= 15 is 0 Å². The third-order valence-electron chi connectivity index (χ3n) is 3.75. The molecule has 0 radical (unpaired) electrons. The van der Waals surface area contributed by atoms with Crippen LogP contribution in [0.3, 0.4) is 0 Å². The van der Waals surface area contributed by atoms with E-state index in [9.17, 15) is 0 Å². The molecule has 1 aliphatic rings. The van der Waals surface area contributed by atoms with Gasteiger partial charge in [0.25, 0.3) is 0 Å². The van der Waals surface area contributed by atoms with Crippen LogP contribution in [0.1, 0.15) is 45.7 Å². The second-order valence-corrected chi connectivity index (χ2v) is 5.63. The minimum Gasteiger partial charge on any atom is -0.352 e. The summed E-state index contributed by atoms with van der Waals surface area (Å²) in [6.07, 6.45) is 6.52. The number of nitrogens with zero attached hydrogens (tertiary/aromatic N) is 3. The van der Waals surface area contributed by atoms with Crippen LogP contribution < -0.4 is 10.2 Å². The lowest BCUT2D eigenvalue weighted by atomic mass is 10.0. The lowest BCUT2D eigenvalue weighted by molar-refractivity contribution is 0.418. The SMILES string of the molecule is CCc1cc(N2CCCCC2CNC(C)C)ncn1. The van der Waals surface area contributed by atoms with Crippen LogP contribution in [0.2, 0.25) is 0 Å². The Labute approximate surface area is 116 Å². The maximum absolute atomic E-state index is 4.48. The molecule has 1 saturated heterocycles. The molecule has 0 bridgehead atoms. The highest BCUT2D eigenvalue weighted by Gasteiger charge is 2.23. The molecule has 1 aliphatic heterocycles. The summed E-state index contributed by atoms with van der Waals surface area (Å²) >= 11 is 0. The molecule has 1 aromatic rings. The highest BCUT2D eigenvalue weighted by molar-refractivity contribution is 5.41. The van der Waals surface area contributed by atoms with E-state index in [1.54, 1.807) is 6.33 Å². The largest absolute Gasteiger partial charge is 0.352 e. The van der Waals surface area contributed by atoms with Crippen molar-refractivity contribution in [3.63, 3.8) is 0 Å². The first-order valence-corrected chi connectivity index (χ1v) is 7.51. The molecule has 4 heteroatoms. The summed E-state index contributed by atoms with van der Waals surface area (Å²) < 4.78 is 0.